The first-order chi connectivity index (χ1) is 13.2. The minimum Gasteiger partial charge on any atom is -0.484 e. The van der Waals surface area contributed by atoms with Crippen molar-refractivity contribution >= 4 is 5.91 Å². The van der Waals surface area contributed by atoms with E-state index in [0.29, 0.717) is 0 Å². The molecule has 0 atom stereocenters. The Bertz CT molecular complexity index is 826. The second-order valence-corrected chi connectivity index (χ2v) is 6.54. The number of nitrogens with zero attached hydrogens (tertiary/aromatic N) is 3. The third-order valence-corrected chi connectivity index (χ3v) is 4.54. The summed E-state index contributed by atoms with van der Waals surface area (Å²) in [6, 6.07) is 9.71. The van der Waals surface area contributed by atoms with Crippen molar-refractivity contribution in [2.24, 2.45) is 0 Å². The smallest absolute Gasteiger partial charge is 0.258 e. The van der Waals surface area contributed by atoms with E-state index in [1.54, 1.807) is 0 Å². The van der Waals surface area contributed by atoms with Crippen LogP contribution in [0.1, 0.15) is 36.9 Å². The van der Waals surface area contributed by atoms with Crippen LogP contribution in [0.5, 0.6) is 11.6 Å². The first kappa shape index (κ1) is 18.6. The molecule has 1 fully saturated rings. The Hall–Kier alpha value is -3.14. The molecule has 0 radical (unpaired) electrons. The van der Waals surface area contributed by atoms with Gasteiger partial charge in [0.25, 0.3) is 11.8 Å². The summed E-state index contributed by atoms with van der Waals surface area (Å²) in [7, 11) is 0. The number of aromatic nitrogens is 2. The second-order valence-electron chi connectivity index (χ2n) is 6.54. The summed E-state index contributed by atoms with van der Waals surface area (Å²) in [5, 5.41) is 12.1. The molecule has 0 unspecified atom stereocenters. The number of carbonyl (C=O) groups is 1. The number of hydrogen-bond donors (Lipinski definition) is 1. The van der Waals surface area contributed by atoms with Gasteiger partial charge in [-0.25, -0.2) is 9.97 Å². The Balaban J connectivity index is 1.42. The van der Waals surface area contributed by atoms with Crippen LogP contribution in [-0.2, 0) is 4.79 Å². The van der Waals surface area contributed by atoms with Gasteiger partial charge in [-0.1, -0.05) is 18.2 Å². The third-order valence-electron chi connectivity index (χ3n) is 4.54. The van der Waals surface area contributed by atoms with Crippen LogP contribution in [0.3, 0.4) is 0 Å². The normalized spacial score (nSPS) is 19.0. The van der Waals surface area contributed by atoms with Crippen LogP contribution in [0.25, 0.3) is 0 Å². The molecule has 1 aromatic carbocycles. The van der Waals surface area contributed by atoms with Gasteiger partial charge in [0.2, 0.25) is 5.69 Å². The highest BCUT2D eigenvalue weighted by atomic mass is 16.5. The number of amides is 1. The van der Waals surface area contributed by atoms with Crippen LogP contribution in [0, 0.1) is 18.3 Å². The SMILES string of the molecule is Cc1ccccc1OCC(=O)NC1CCC(Oc2nccnc2C#N)CC1. The van der Waals surface area contributed by atoms with Crippen LogP contribution in [0.15, 0.2) is 36.7 Å². The van der Waals surface area contributed by atoms with Crippen molar-refractivity contribution in [3.63, 3.8) is 0 Å². The molecule has 0 saturated heterocycles. The monoisotopic (exact) mass is 366 g/mol. The zero-order valence-corrected chi connectivity index (χ0v) is 15.2. The van der Waals surface area contributed by atoms with E-state index in [1.807, 2.05) is 37.3 Å². The van der Waals surface area contributed by atoms with Gasteiger partial charge in [-0.05, 0) is 44.2 Å². The maximum Gasteiger partial charge on any atom is 0.258 e. The van der Waals surface area contributed by atoms with Gasteiger partial charge in [-0.3, -0.25) is 4.79 Å². The fraction of sp³-hybridized carbons (Fsp3) is 0.400. The molecular formula is C20H22N4O3. The Labute approximate surface area is 158 Å². The largest absolute Gasteiger partial charge is 0.484 e. The Kier molecular flexibility index (Phi) is 6.21. The van der Waals surface area contributed by atoms with Crippen molar-refractivity contribution in [1.29, 1.82) is 5.26 Å². The topological polar surface area (TPSA) is 97.1 Å². The molecule has 7 nitrogen and oxygen atoms in total. The number of nitriles is 1. The Morgan fingerprint density at radius 3 is 2.70 bits per heavy atom. The lowest BCUT2D eigenvalue weighted by atomic mass is 9.93. The summed E-state index contributed by atoms with van der Waals surface area (Å²) in [6.45, 7) is 1.95. The molecule has 7 heteroatoms. The molecule has 0 aliphatic heterocycles. The fourth-order valence-corrected chi connectivity index (χ4v) is 3.10. The van der Waals surface area contributed by atoms with Crippen LogP contribution in [-0.4, -0.2) is 34.6 Å². The summed E-state index contributed by atoms with van der Waals surface area (Å²) in [5.74, 6) is 0.879. The fourth-order valence-electron chi connectivity index (χ4n) is 3.10. The maximum absolute atomic E-state index is 12.1. The number of ether oxygens (including phenoxy) is 2. The van der Waals surface area contributed by atoms with Crippen LogP contribution in [0.4, 0.5) is 0 Å². The van der Waals surface area contributed by atoms with E-state index < -0.39 is 0 Å². The molecule has 140 valence electrons. The van der Waals surface area contributed by atoms with E-state index in [-0.39, 0.29) is 36.2 Å². The molecule has 3 rings (SSSR count). The number of rotatable bonds is 6. The summed E-state index contributed by atoms with van der Waals surface area (Å²) in [4.78, 5) is 20.2. The van der Waals surface area contributed by atoms with E-state index >= 15 is 0 Å². The molecule has 1 aliphatic rings. The summed E-state index contributed by atoms with van der Waals surface area (Å²) >= 11 is 0. The van der Waals surface area contributed by atoms with Gasteiger partial charge >= 0.3 is 0 Å². The molecular weight excluding hydrogens is 344 g/mol. The number of benzene rings is 1. The first-order valence-electron chi connectivity index (χ1n) is 9.01. The lowest BCUT2D eigenvalue weighted by molar-refractivity contribution is -0.124. The van der Waals surface area contributed by atoms with Gasteiger partial charge in [0.1, 0.15) is 17.9 Å². The van der Waals surface area contributed by atoms with E-state index in [2.05, 4.69) is 15.3 Å². The average Bonchev–Trinajstić information content (AvgIpc) is 2.69. The van der Waals surface area contributed by atoms with Gasteiger partial charge in [0.05, 0.1) is 0 Å². The van der Waals surface area contributed by atoms with Crippen LogP contribution >= 0.6 is 0 Å². The number of nitrogens with one attached hydrogen (secondary N) is 1. The van der Waals surface area contributed by atoms with Crippen LogP contribution in [0.2, 0.25) is 0 Å². The zero-order valence-electron chi connectivity index (χ0n) is 15.2. The van der Waals surface area contributed by atoms with Crippen LogP contribution < -0.4 is 14.8 Å². The molecule has 1 aliphatic carbocycles. The van der Waals surface area contributed by atoms with Crippen molar-refractivity contribution < 1.29 is 14.3 Å². The van der Waals surface area contributed by atoms with Gasteiger partial charge in [-0.2, -0.15) is 5.26 Å². The standard InChI is InChI=1S/C20H22N4O3/c1-14-4-2-3-5-18(14)26-13-19(25)24-15-6-8-16(9-7-15)27-20-17(12-21)22-10-11-23-20/h2-5,10-11,15-16H,6-9,13H2,1H3,(H,24,25). The summed E-state index contributed by atoms with van der Waals surface area (Å²) < 4.78 is 11.4. The van der Waals surface area contributed by atoms with E-state index in [9.17, 15) is 4.79 Å². The lowest BCUT2D eigenvalue weighted by Gasteiger charge is -2.29. The maximum atomic E-state index is 12.1. The zero-order chi connectivity index (χ0) is 19.1. The minimum atomic E-state index is -0.122. The molecule has 0 spiro atoms. The molecule has 2 aromatic rings. The number of aryl methyl sites for hydroxylation is 1. The predicted molar refractivity (Wildman–Crippen MR) is 98.2 cm³/mol. The van der Waals surface area contributed by atoms with Gasteiger partial charge < -0.3 is 14.8 Å². The second kappa shape index (κ2) is 8.99. The minimum absolute atomic E-state index is 0.00637. The lowest BCUT2D eigenvalue weighted by Crippen LogP contribution is -2.41. The van der Waals surface area contributed by atoms with Crippen molar-refractivity contribution in [3.05, 3.63) is 47.9 Å². The summed E-state index contributed by atoms with van der Waals surface area (Å²) in [5.41, 5.74) is 1.20. The average molecular weight is 366 g/mol. The first-order valence-corrected chi connectivity index (χ1v) is 9.01. The van der Waals surface area contributed by atoms with E-state index in [4.69, 9.17) is 14.7 Å². The predicted octanol–water partition coefficient (Wildman–Crippen LogP) is 2.54. The molecule has 1 N–H and O–H groups in total. The number of carbonyl (C=O) groups excluding carboxylic acids is 1. The van der Waals surface area contributed by atoms with E-state index in [0.717, 1.165) is 37.0 Å². The Morgan fingerprint density at radius 1 is 1.22 bits per heavy atom. The molecule has 1 heterocycles. The van der Waals surface area contributed by atoms with Crippen molar-refractivity contribution in [3.8, 4) is 17.7 Å². The van der Waals surface area contributed by atoms with Crippen molar-refractivity contribution in [2.45, 2.75) is 44.8 Å². The van der Waals surface area contributed by atoms with Gasteiger partial charge in [0, 0.05) is 18.4 Å². The van der Waals surface area contributed by atoms with Crippen molar-refractivity contribution in [1.82, 2.24) is 15.3 Å². The molecule has 27 heavy (non-hydrogen) atoms. The number of hydrogen-bond acceptors (Lipinski definition) is 6. The quantitative estimate of drug-likeness (QED) is 0.844. The van der Waals surface area contributed by atoms with Gasteiger partial charge in [-0.15, -0.1) is 0 Å². The molecule has 1 amide bonds. The third kappa shape index (κ3) is 5.17. The van der Waals surface area contributed by atoms with E-state index in [1.165, 1.54) is 12.4 Å². The molecule has 1 aromatic heterocycles. The van der Waals surface area contributed by atoms with Crippen molar-refractivity contribution in [2.75, 3.05) is 6.61 Å². The highest BCUT2D eigenvalue weighted by Crippen LogP contribution is 2.24. The van der Waals surface area contributed by atoms with Gasteiger partial charge in [0.15, 0.2) is 6.61 Å². The molecule has 1 saturated carbocycles. The highest BCUT2D eigenvalue weighted by molar-refractivity contribution is 5.77. The Morgan fingerprint density at radius 2 is 1.96 bits per heavy atom. The highest BCUT2D eigenvalue weighted by Gasteiger charge is 2.25. The summed E-state index contributed by atoms with van der Waals surface area (Å²) in [6.07, 6.45) is 6.14. The molecule has 0 bridgehead atoms. The number of para-hydroxylation sites is 1.